The number of aromatic nitrogens is 4. The van der Waals surface area contributed by atoms with Gasteiger partial charge in [-0.05, 0) is 201 Å². The smallest absolute Gasteiger partial charge is 0.213 e. The Hall–Kier alpha value is -15.3. The number of furan rings is 4. The van der Waals surface area contributed by atoms with Gasteiger partial charge in [-0.3, -0.25) is 9.13 Å². The summed E-state index contributed by atoms with van der Waals surface area (Å²) in [7, 11) is 0. The van der Waals surface area contributed by atoms with Crippen LogP contribution in [0.15, 0.2) is 417 Å². The Kier molecular flexibility index (Phi) is 21.0. The molecule has 648 valence electrons. The van der Waals surface area contributed by atoms with Crippen LogP contribution in [-0.4, -0.2) is 18.3 Å². The van der Waals surface area contributed by atoms with Crippen LogP contribution >= 0.6 is 56.7 Å². The molecule has 0 saturated carbocycles. The standard InChI is InChI=1S/C36H23NO.C34H25NOS4.C26H15NOS.C26H23NO/c1-3-10-24(11-4-1)27-18-20-30-33(22-27)37(32-17-9-15-26-14-7-8-16-29(26)32)36-35(30)31-21-19-28(23-34(31)38-36)25-12-5-2-6-13-25;1-2-3-16-35-25-19-21(27-12-14-31(39-27)29-6-4-17-37-29)8-10-23(25)33-24-11-9-22(20-26(24)36-34(33)35)28-13-15-32(40-28)30-7-5-18-38-30;1-4-10-21-18(8-1)25-19-9-2-5-11-22(19)28-26(25)27(21)16-13-14-24-20(15-16)17-7-3-6-12-23(17)29-24;1-2-3-17-27-23-18-20(14-13-19-9-5-4-6-10-19)15-16-21(23)25-22-11-7-8-12-24(22)28-26(25)27/h1-23H;4-15,17-20H,2-3,16H2,1H3;1-15H;4-16,18H,2-3,17H2,1H3/b;;;14-13+. The number of nitrogens with zero attached hydrogens (tertiary/aromatic N) is 4. The number of aryl methyl sites for hydroxylation is 2. The third kappa shape index (κ3) is 14.6. The van der Waals surface area contributed by atoms with Crippen LogP contribution in [0.5, 0.6) is 0 Å². The Morgan fingerprint density at radius 2 is 0.696 bits per heavy atom. The van der Waals surface area contributed by atoms with Gasteiger partial charge in [0.15, 0.2) is 0 Å². The summed E-state index contributed by atoms with van der Waals surface area (Å²) < 4.78 is 38.0. The monoisotopic (exact) mass is 1830 g/mol. The average molecular weight is 1830 g/mol. The number of unbranched alkanes of at least 4 members (excludes halogenated alkanes) is 2. The molecule has 13 heterocycles. The summed E-state index contributed by atoms with van der Waals surface area (Å²) in [6.07, 6.45) is 8.92. The van der Waals surface area contributed by atoms with Gasteiger partial charge in [0.1, 0.15) is 22.3 Å². The molecule has 13 heteroatoms. The summed E-state index contributed by atoms with van der Waals surface area (Å²) >= 11 is 9.15. The molecule has 0 saturated heterocycles. The molecular formula is C122H86N4O4S5. The molecule has 0 fully saturated rings. The van der Waals surface area contributed by atoms with Crippen LogP contribution < -0.4 is 0 Å². The van der Waals surface area contributed by atoms with Gasteiger partial charge in [0.25, 0.3) is 0 Å². The van der Waals surface area contributed by atoms with Crippen molar-refractivity contribution in [2.75, 3.05) is 0 Å². The van der Waals surface area contributed by atoms with Crippen LogP contribution in [0.25, 0.3) is 249 Å². The lowest BCUT2D eigenvalue weighted by molar-refractivity contribution is 0.585. The van der Waals surface area contributed by atoms with E-state index in [1.54, 1.807) is 22.7 Å². The third-order valence-corrected chi connectivity index (χ3v) is 31.9. The number of fused-ring (bicyclic) bond motifs is 24. The lowest BCUT2D eigenvalue weighted by Crippen LogP contribution is -1.96. The Morgan fingerprint density at radius 3 is 1.33 bits per heavy atom. The van der Waals surface area contributed by atoms with E-state index in [9.17, 15) is 0 Å². The number of para-hydroxylation sites is 3. The van der Waals surface area contributed by atoms with E-state index in [0.29, 0.717) is 0 Å². The van der Waals surface area contributed by atoms with E-state index in [1.165, 1.54) is 170 Å². The number of rotatable bonds is 16. The second kappa shape index (κ2) is 34.7. The van der Waals surface area contributed by atoms with Crippen molar-refractivity contribution in [1.82, 2.24) is 18.3 Å². The zero-order valence-electron chi connectivity index (χ0n) is 74.0. The number of hydrogen-bond donors (Lipinski definition) is 0. The summed E-state index contributed by atoms with van der Waals surface area (Å²) in [4.78, 5) is 7.87. The van der Waals surface area contributed by atoms with Crippen molar-refractivity contribution in [1.29, 1.82) is 0 Å². The minimum Gasteiger partial charge on any atom is -0.439 e. The quantitative estimate of drug-likeness (QED) is 0.0904. The fourth-order valence-electron chi connectivity index (χ4n) is 19.9. The first-order chi connectivity index (χ1) is 66.8. The molecule has 13 aromatic heterocycles. The molecule has 0 amide bonds. The third-order valence-electron chi connectivity index (χ3n) is 26.3. The van der Waals surface area contributed by atoms with E-state index < -0.39 is 0 Å². The normalized spacial score (nSPS) is 11.9. The molecule has 0 unspecified atom stereocenters. The highest BCUT2D eigenvalue weighted by molar-refractivity contribution is 7.26. The van der Waals surface area contributed by atoms with Crippen molar-refractivity contribution >= 4 is 232 Å². The van der Waals surface area contributed by atoms with Crippen LogP contribution in [-0.2, 0) is 13.1 Å². The second-order valence-corrected chi connectivity index (χ2v) is 39.7. The van der Waals surface area contributed by atoms with Gasteiger partial charge in [0.05, 0.1) is 49.3 Å². The fourth-order valence-corrected chi connectivity index (χ4v) is 24.6. The topological polar surface area (TPSA) is 72.3 Å². The minimum absolute atomic E-state index is 0.877. The van der Waals surface area contributed by atoms with Gasteiger partial charge in [0, 0.05) is 117 Å². The maximum Gasteiger partial charge on any atom is 0.213 e. The van der Waals surface area contributed by atoms with Crippen LogP contribution in [0.2, 0.25) is 0 Å². The predicted octanol–water partition coefficient (Wildman–Crippen LogP) is 37.7. The molecule has 0 N–H and O–H groups in total. The van der Waals surface area contributed by atoms with Gasteiger partial charge >= 0.3 is 0 Å². The molecule has 28 aromatic rings. The Bertz CT molecular complexity index is 9350. The molecule has 0 atom stereocenters. The molecule has 0 aliphatic heterocycles. The van der Waals surface area contributed by atoms with Gasteiger partial charge in [-0.2, -0.15) is 0 Å². The summed E-state index contributed by atoms with van der Waals surface area (Å²) in [6.45, 7) is 6.41. The number of hydrogen-bond acceptors (Lipinski definition) is 9. The van der Waals surface area contributed by atoms with Crippen LogP contribution in [0, 0.1) is 0 Å². The van der Waals surface area contributed by atoms with Crippen molar-refractivity contribution in [3.8, 4) is 74.0 Å². The van der Waals surface area contributed by atoms with Gasteiger partial charge in [-0.1, -0.05) is 300 Å². The van der Waals surface area contributed by atoms with Crippen LogP contribution in [0.3, 0.4) is 0 Å². The van der Waals surface area contributed by atoms with Crippen molar-refractivity contribution in [3.63, 3.8) is 0 Å². The highest BCUT2D eigenvalue weighted by Crippen LogP contribution is 2.49. The maximum absolute atomic E-state index is 6.74. The van der Waals surface area contributed by atoms with Gasteiger partial charge in [-0.25, -0.2) is 0 Å². The molecule has 28 rings (SSSR count). The molecule has 0 spiro atoms. The molecule has 135 heavy (non-hydrogen) atoms. The largest absolute Gasteiger partial charge is 0.439 e. The first kappa shape index (κ1) is 81.7. The highest BCUT2D eigenvalue weighted by atomic mass is 32.1. The zero-order valence-corrected chi connectivity index (χ0v) is 78.0. The molecule has 8 nitrogen and oxygen atoms in total. The summed E-state index contributed by atoms with van der Waals surface area (Å²) in [5.41, 5.74) is 24.2. The van der Waals surface area contributed by atoms with E-state index in [4.69, 9.17) is 17.7 Å². The average Bonchev–Trinajstić information content (AvgIpc) is 1.55. The lowest BCUT2D eigenvalue weighted by Gasteiger charge is -2.11. The molecule has 0 aliphatic carbocycles. The highest BCUT2D eigenvalue weighted by Gasteiger charge is 2.27. The molecule has 0 aliphatic rings. The molecule has 15 aromatic carbocycles. The van der Waals surface area contributed by atoms with Crippen molar-refractivity contribution < 1.29 is 17.7 Å². The predicted molar refractivity (Wildman–Crippen MR) is 579 cm³/mol. The van der Waals surface area contributed by atoms with E-state index >= 15 is 0 Å². The van der Waals surface area contributed by atoms with E-state index in [2.05, 4.69) is 413 Å². The van der Waals surface area contributed by atoms with Crippen molar-refractivity contribution in [3.05, 3.63) is 410 Å². The van der Waals surface area contributed by atoms with Crippen molar-refractivity contribution in [2.24, 2.45) is 0 Å². The lowest BCUT2D eigenvalue weighted by atomic mass is 10.0. The summed E-state index contributed by atoms with van der Waals surface area (Å²) in [5, 5.41) is 23.8. The zero-order chi connectivity index (χ0) is 89.6. The number of benzene rings is 15. The van der Waals surface area contributed by atoms with E-state index in [1.807, 2.05) is 64.3 Å². The van der Waals surface area contributed by atoms with Crippen LogP contribution in [0.4, 0.5) is 0 Å². The van der Waals surface area contributed by atoms with E-state index in [-0.39, 0.29) is 0 Å². The molecule has 0 radical (unpaired) electrons. The summed E-state index contributed by atoms with van der Waals surface area (Å²) in [5.74, 6) is 0. The Labute approximate surface area is 797 Å². The first-order valence-electron chi connectivity index (χ1n) is 46.2. The van der Waals surface area contributed by atoms with Gasteiger partial charge in [-0.15, -0.1) is 56.7 Å². The van der Waals surface area contributed by atoms with Gasteiger partial charge in [0.2, 0.25) is 22.9 Å². The Morgan fingerprint density at radius 1 is 0.252 bits per heavy atom. The minimum atomic E-state index is 0.877. The van der Waals surface area contributed by atoms with E-state index in [0.717, 1.165) is 117 Å². The first-order valence-corrected chi connectivity index (χ1v) is 50.4. The second-order valence-electron chi connectivity index (χ2n) is 34.5. The SMILES string of the molecule is CCCCn1c2cc(-c3ccc(-c4cccs4)s3)ccc2c2c3ccc(-c4ccc(-c5cccs5)s4)cc3oc21.CCCCn1c2cc(/C=C/c3ccccc3)ccc2c2c3ccccc3oc21.c1ccc(-c2ccc3c(c2)oc2c3c3ccc(-c4ccccc4)cc3n2-c2cccc3ccccc23)cc1.c1ccc2c(c1)oc1c2c2ccccc2n1-c1ccc2sc3ccccc3c2c1. The van der Waals surface area contributed by atoms with Crippen molar-refractivity contribution in [2.45, 2.75) is 52.6 Å². The summed E-state index contributed by atoms with van der Waals surface area (Å²) in [6, 6.07) is 138. The molecule has 0 bridgehead atoms. The maximum atomic E-state index is 6.74. The Balaban J connectivity index is 0.0000000971. The fraction of sp³-hybridized carbons (Fsp3) is 0.0656. The van der Waals surface area contributed by atoms with Crippen LogP contribution in [0.1, 0.15) is 50.7 Å². The van der Waals surface area contributed by atoms with Gasteiger partial charge < -0.3 is 26.8 Å². The molecular weight excluding hydrogens is 1750 g/mol. The number of thiophene rings is 5.